The summed E-state index contributed by atoms with van der Waals surface area (Å²) >= 11 is 0. The number of benzene rings is 1. The largest absolute Gasteiger partial charge is 0.493 e. The summed E-state index contributed by atoms with van der Waals surface area (Å²) in [6.45, 7) is 8.91. The van der Waals surface area contributed by atoms with Crippen molar-refractivity contribution in [1.82, 2.24) is 10.6 Å². The second-order valence-electron chi connectivity index (χ2n) is 6.74. The maximum Gasteiger partial charge on any atom is 0.191 e. The maximum atomic E-state index is 9.38. The van der Waals surface area contributed by atoms with Crippen molar-refractivity contribution in [2.45, 2.75) is 46.5 Å². The Morgan fingerprint density at radius 1 is 1.07 bits per heavy atom. The molecule has 0 spiro atoms. The van der Waals surface area contributed by atoms with E-state index in [2.05, 4.69) is 31.4 Å². The van der Waals surface area contributed by atoms with Gasteiger partial charge in [-0.3, -0.25) is 4.99 Å². The molecular formula is C21H37N3O3. The Balaban J connectivity index is 2.69. The highest BCUT2D eigenvalue weighted by molar-refractivity contribution is 5.79. The quantitative estimate of drug-likeness (QED) is 0.384. The number of rotatable bonds is 12. The van der Waals surface area contributed by atoms with Crippen molar-refractivity contribution in [2.24, 2.45) is 10.4 Å². The molecule has 6 nitrogen and oxygen atoms in total. The first-order valence-corrected chi connectivity index (χ1v) is 9.92. The molecule has 0 aliphatic carbocycles. The molecule has 1 aromatic carbocycles. The van der Waals surface area contributed by atoms with Crippen LogP contribution < -0.4 is 20.1 Å². The van der Waals surface area contributed by atoms with Gasteiger partial charge in [0.1, 0.15) is 0 Å². The number of hydrogen-bond donors (Lipinski definition) is 3. The lowest BCUT2D eigenvalue weighted by molar-refractivity contribution is 0.175. The Morgan fingerprint density at radius 2 is 1.78 bits per heavy atom. The Hall–Kier alpha value is -1.95. The van der Waals surface area contributed by atoms with Crippen LogP contribution in [0.5, 0.6) is 11.5 Å². The number of nitrogens with zero attached hydrogens (tertiary/aromatic N) is 1. The molecule has 0 atom stereocenters. The molecule has 0 heterocycles. The topological polar surface area (TPSA) is 75.1 Å². The van der Waals surface area contributed by atoms with Crippen LogP contribution in [0.2, 0.25) is 0 Å². The lowest BCUT2D eigenvalue weighted by Gasteiger charge is -2.29. The van der Waals surface area contributed by atoms with E-state index < -0.39 is 0 Å². The van der Waals surface area contributed by atoms with Crippen molar-refractivity contribution in [3.63, 3.8) is 0 Å². The average Bonchev–Trinajstić information content (AvgIpc) is 2.70. The van der Waals surface area contributed by atoms with E-state index in [1.807, 2.05) is 18.2 Å². The normalized spacial score (nSPS) is 12.0. The molecule has 0 unspecified atom stereocenters. The summed E-state index contributed by atoms with van der Waals surface area (Å²) in [6.07, 6.45) is 3.67. The summed E-state index contributed by atoms with van der Waals surface area (Å²) in [4.78, 5) is 4.78. The molecule has 0 saturated carbocycles. The van der Waals surface area contributed by atoms with Gasteiger partial charge in [-0.1, -0.05) is 19.9 Å². The van der Waals surface area contributed by atoms with Gasteiger partial charge in [-0.15, -0.1) is 0 Å². The van der Waals surface area contributed by atoms with Crippen LogP contribution in [-0.4, -0.2) is 51.5 Å². The van der Waals surface area contributed by atoms with Gasteiger partial charge in [0.2, 0.25) is 0 Å². The molecule has 27 heavy (non-hydrogen) atoms. The molecule has 0 aliphatic rings. The highest BCUT2D eigenvalue weighted by atomic mass is 16.5. The van der Waals surface area contributed by atoms with E-state index in [0.29, 0.717) is 6.54 Å². The van der Waals surface area contributed by atoms with Gasteiger partial charge < -0.3 is 25.2 Å². The van der Waals surface area contributed by atoms with Gasteiger partial charge in [0.15, 0.2) is 17.5 Å². The first-order valence-electron chi connectivity index (χ1n) is 9.92. The van der Waals surface area contributed by atoms with Gasteiger partial charge in [-0.05, 0) is 55.7 Å². The third-order valence-corrected chi connectivity index (χ3v) is 5.21. The minimum Gasteiger partial charge on any atom is -0.493 e. The smallest absolute Gasteiger partial charge is 0.191 e. The van der Waals surface area contributed by atoms with Crippen molar-refractivity contribution < 1.29 is 14.6 Å². The molecule has 0 amide bonds. The van der Waals surface area contributed by atoms with Crippen LogP contribution in [0.4, 0.5) is 0 Å². The average molecular weight is 380 g/mol. The third kappa shape index (κ3) is 7.29. The van der Waals surface area contributed by atoms with Gasteiger partial charge in [0, 0.05) is 26.2 Å². The molecule has 1 aromatic rings. The third-order valence-electron chi connectivity index (χ3n) is 5.21. The Morgan fingerprint density at radius 3 is 2.33 bits per heavy atom. The zero-order valence-electron chi connectivity index (χ0n) is 17.6. The van der Waals surface area contributed by atoms with Crippen molar-refractivity contribution >= 4 is 5.96 Å². The monoisotopic (exact) mass is 379 g/mol. The molecule has 0 aliphatic heterocycles. The van der Waals surface area contributed by atoms with Crippen molar-refractivity contribution in [3.05, 3.63) is 23.8 Å². The van der Waals surface area contributed by atoms with Crippen LogP contribution in [0.15, 0.2) is 23.2 Å². The summed E-state index contributed by atoms with van der Waals surface area (Å²) in [7, 11) is 3.29. The van der Waals surface area contributed by atoms with Crippen LogP contribution in [0, 0.1) is 5.41 Å². The summed E-state index contributed by atoms with van der Waals surface area (Å²) in [5.74, 6) is 2.31. The van der Waals surface area contributed by atoms with Crippen molar-refractivity contribution in [2.75, 3.05) is 40.5 Å². The Labute approximate surface area is 164 Å². The predicted octanol–water partition coefficient (Wildman–Crippen LogP) is 2.99. The predicted molar refractivity (Wildman–Crippen MR) is 112 cm³/mol. The lowest BCUT2D eigenvalue weighted by atomic mass is 9.79. The van der Waals surface area contributed by atoms with Gasteiger partial charge in [0.05, 0.1) is 14.2 Å². The molecule has 6 heteroatoms. The van der Waals surface area contributed by atoms with E-state index in [4.69, 9.17) is 14.5 Å². The second-order valence-corrected chi connectivity index (χ2v) is 6.74. The molecular weight excluding hydrogens is 342 g/mol. The van der Waals surface area contributed by atoms with Gasteiger partial charge in [-0.2, -0.15) is 0 Å². The van der Waals surface area contributed by atoms with Crippen molar-refractivity contribution in [3.8, 4) is 11.5 Å². The molecule has 0 aromatic heterocycles. The number of ether oxygens (including phenoxy) is 2. The van der Waals surface area contributed by atoms with E-state index >= 15 is 0 Å². The summed E-state index contributed by atoms with van der Waals surface area (Å²) in [5, 5.41) is 16.1. The summed E-state index contributed by atoms with van der Waals surface area (Å²) < 4.78 is 10.6. The van der Waals surface area contributed by atoms with Gasteiger partial charge in [0.25, 0.3) is 0 Å². The molecule has 154 valence electrons. The standard InChI is InChI=1S/C21H37N3O3/c1-6-21(7-2,12-14-25)16-24-20(22-8-3)23-13-11-17-9-10-18(26-4)19(15-17)27-5/h9-10,15,25H,6-8,11-14,16H2,1-5H3,(H2,22,23,24). The number of aliphatic hydroxyl groups excluding tert-OH is 1. The Kier molecular flexibility index (Phi) is 10.6. The SMILES string of the molecule is CCNC(=NCC(CC)(CC)CCO)NCCc1ccc(OC)c(OC)c1. The molecule has 0 fully saturated rings. The minimum absolute atomic E-state index is 0.0699. The maximum absolute atomic E-state index is 9.38. The molecule has 0 radical (unpaired) electrons. The number of hydrogen-bond acceptors (Lipinski definition) is 4. The highest BCUT2D eigenvalue weighted by Crippen LogP contribution is 2.30. The number of methoxy groups -OCH3 is 2. The fourth-order valence-corrected chi connectivity index (χ4v) is 3.09. The van der Waals surface area contributed by atoms with E-state index in [1.54, 1.807) is 14.2 Å². The zero-order valence-corrected chi connectivity index (χ0v) is 17.6. The van der Waals surface area contributed by atoms with Crippen LogP contribution >= 0.6 is 0 Å². The molecule has 0 saturated heterocycles. The van der Waals surface area contributed by atoms with Gasteiger partial charge in [-0.25, -0.2) is 0 Å². The van der Waals surface area contributed by atoms with Crippen LogP contribution in [0.1, 0.15) is 45.6 Å². The van der Waals surface area contributed by atoms with E-state index in [9.17, 15) is 5.11 Å². The zero-order chi connectivity index (χ0) is 20.1. The number of aliphatic hydroxyl groups is 1. The fourth-order valence-electron chi connectivity index (χ4n) is 3.09. The van der Waals surface area contributed by atoms with Crippen LogP contribution in [0.3, 0.4) is 0 Å². The summed E-state index contributed by atoms with van der Waals surface area (Å²) in [5.41, 5.74) is 1.24. The lowest BCUT2D eigenvalue weighted by Crippen LogP contribution is -2.39. The molecule has 3 N–H and O–H groups in total. The van der Waals surface area contributed by atoms with Crippen LogP contribution in [0.25, 0.3) is 0 Å². The van der Waals surface area contributed by atoms with Crippen LogP contribution in [-0.2, 0) is 6.42 Å². The second kappa shape index (κ2) is 12.4. The van der Waals surface area contributed by atoms with Gasteiger partial charge >= 0.3 is 0 Å². The van der Waals surface area contributed by atoms with E-state index in [-0.39, 0.29) is 12.0 Å². The first kappa shape index (κ1) is 23.1. The minimum atomic E-state index is 0.0699. The molecule has 1 rings (SSSR count). The van der Waals surface area contributed by atoms with Crippen molar-refractivity contribution in [1.29, 1.82) is 0 Å². The first-order chi connectivity index (χ1) is 13.1. The van der Waals surface area contributed by atoms with E-state index in [0.717, 1.165) is 56.2 Å². The number of nitrogens with one attached hydrogen (secondary N) is 2. The van der Waals surface area contributed by atoms with E-state index in [1.165, 1.54) is 5.56 Å². The fraction of sp³-hybridized carbons (Fsp3) is 0.667. The summed E-state index contributed by atoms with van der Waals surface area (Å²) in [6, 6.07) is 5.98. The number of aliphatic imine (C=N–C) groups is 1. The Bertz CT molecular complexity index is 572. The number of guanidine groups is 1. The molecule has 0 bridgehead atoms. The highest BCUT2D eigenvalue weighted by Gasteiger charge is 2.25.